The van der Waals surface area contributed by atoms with E-state index in [1.54, 1.807) is 0 Å². The Kier molecular flexibility index (Phi) is 1.99. The maximum atomic E-state index is 12.1. The van der Waals surface area contributed by atoms with Crippen LogP contribution in [-0.4, -0.2) is 4.98 Å². The summed E-state index contributed by atoms with van der Waals surface area (Å²) >= 11 is 0. The van der Waals surface area contributed by atoms with E-state index >= 15 is 0 Å². The molecule has 0 aliphatic heterocycles. The number of anilines is 2. The molecule has 0 aliphatic rings. The smallest absolute Gasteiger partial charge is 0.271 e. The lowest BCUT2D eigenvalue weighted by Gasteiger charge is -2.03. The third-order valence-corrected chi connectivity index (χ3v) is 1.34. The molecule has 0 bridgehead atoms. The summed E-state index contributed by atoms with van der Waals surface area (Å²) < 4.78 is 24.2. The van der Waals surface area contributed by atoms with E-state index in [1.807, 2.05) is 0 Å². The second kappa shape index (κ2) is 2.80. The predicted molar refractivity (Wildman–Crippen MR) is 40.8 cm³/mol. The molecule has 0 atom stereocenters. The van der Waals surface area contributed by atoms with Crippen molar-refractivity contribution in [3.63, 3.8) is 0 Å². The van der Waals surface area contributed by atoms with E-state index in [0.717, 1.165) is 6.07 Å². The maximum absolute atomic E-state index is 12.1. The third kappa shape index (κ3) is 1.36. The number of halogens is 2. The van der Waals surface area contributed by atoms with Crippen molar-refractivity contribution in [3.8, 4) is 0 Å². The van der Waals surface area contributed by atoms with E-state index in [4.69, 9.17) is 11.5 Å². The van der Waals surface area contributed by atoms with Gasteiger partial charge >= 0.3 is 0 Å². The van der Waals surface area contributed by atoms with Gasteiger partial charge in [0, 0.05) is 6.07 Å². The topological polar surface area (TPSA) is 84.9 Å². The molecule has 0 fully saturated rings. The molecule has 0 radical (unpaired) electrons. The summed E-state index contributed by atoms with van der Waals surface area (Å²) in [4.78, 5) is 13.1. The van der Waals surface area contributed by atoms with Crippen molar-refractivity contribution in [1.82, 2.24) is 4.98 Å². The number of H-pyrrole nitrogens is 1. The molecular formula is C6H7F2N3O. The molecule has 6 heteroatoms. The van der Waals surface area contributed by atoms with Crippen LogP contribution in [0.25, 0.3) is 0 Å². The summed E-state index contributed by atoms with van der Waals surface area (Å²) in [5.41, 5.74) is 8.68. The number of nitrogens with one attached hydrogen (secondary N) is 1. The molecule has 0 spiro atoms. The van der Waals surface area contributed by atoms with Crippen LogP contribution in [0.2, 0.25) is 0 Å². The fourth-order valence-corrected chi connectivity index (χ4v) is 0.836. The lowest BCUT2D eigenvalue weighted by atomic mass is 10.2. The number of nitrogen functional groups attached to an aromatic ring is 2. The first kappa shape index (κ1) is 8.51. The van der Waals surface area contributed by atoms with Crippen LogP contribution in [0.4, 0.5) is 20.4 Å². The van der Waals surface area contributed by atoms with Crippen molar-refractivity contribution in [3.05, 3.63) is 21.9 Å². The molecule has 1 heterocycles. The second-order valence-electron chi connectivity index (χ2n) is 2.22. The van der Waals surface area contributed by atoms with Gasteiger partial charge in [-0.2, -0.15) is 0 Å². The quantitative estimate of drug-likeness (QED) is 0.580. The summed E-state index contributed by atoms with van der Waals surface area (Å²) in [6.07, 6.45) is -2.88. The fourth-order valence-electron chi connectivity index (χ4n) is 0.836. The molecule has 5 N–H and O–H groups in total. The third-order valence-electron chi connectivity index (χ3n) is 1.34. The zero-order valence-electron chi connectivity index (χ0n) is 5.97. The standard InChI is InChI=1S/C6H7F2N3O/c7-5(8)4-2(12)1-3(9)11-6(4)10/h1,5H,(H5,9,10,11,12). The minimum absolute atomic E-state index is 0.0260. The van der Waals surface area contributed by atoms with Crippen LogP contribution >= 0.6 is 0 Å². The van der Waals surface area contributed by atoms with Crippen molar-refractivity contribution in [2.75, 3.05) is 11.5 Å². The van der Waals surface area contributed by atoms with Crippen molar-refractivity contribution in [2.24, 2.45) is 0 Å². The molecule has 0 amide bonds. The van der Waals surface area contributed by atoms with Gasteiger partial charge in [0.2, 0.25) is 0 Å². The molecule has 1 rings (SSSR count). The van der Waals surface area contributed by atoms with E-state index in [-0.39, 0.29) is 11.6 Å². The van der Waals surface area contributed by atoms with Crippen molar-refractivity contribution >= 4 is 11.6 Å². The molecule has 1 aromatic rings. The summed E-state index contributed by atoms with van der Waals surface area (Å²) in [5.74, 6) is -0.406. The number of hydrogen-bond donors (Lipinski definition) is 3. The minimum atomic E-state index is -2.88. The highest BCUT2D eigenvalue weighted by Crippen LogP contribution is 2.19. The lowest BCUT2D eigenvalue weighted by Crippen LogP contribution is -2.14. The van der Waals surface area contributed by atoms with Crippen LogP contribution in [0.15, 0.2) is 10.9 Å². The van der Waals surface area contributed by atoms with Crippen LogP contribution in [0, 0.1) is 0 Å². The Labute approximate surface area is 66.2 Å². The molecular weight excluding hydrogens is 168 g/mol. The Morgan fingerprint density at radius 1 is 1.42 bits per heavy atom. The fraction of sp³-hybridized carbons (Fsp3) is 0.167. The molecule has 0 saturated heterocycles. The molecule has 0 saturated carbocycles. The zero-order chi connectivity index (χ0) is 9.30. The van der Waals surface area contributed by atoms with Gasteiger partial charge in [-0.1, -0.05) is 0 Å². The molecule has 0 unspecified atom stereocenters. The normalized spacial score (nSPS) is 10.6. The van der Waals surface area contributed by atoms with Crippen LogP contribution < -0.4 is 16.9 Å². The van der Waals surface area contributed by atoms with Gasteiger partial charge < -0.3 is 16.5 Å². The molecule has 12 heavy (non-hydrogen) atoms. The van der Waals surface area contributed by atoms with Crippen molar-refractivity contribution in [1.29, 1.82) is 0 Å². The Bertz CT molecular complexity index is 347. The molecule has 0 aromatic carbocycles. The summed E-state index contributed by atoms with van der Waals surface area (Å²) in [6, 6.07) is 0.873. The van der Waals surface area contributed by atoms with Gasteiger partial charge in [0.1, 0.15) is 17.2 Å². The van der Waals surface area contributed by atoms with Gasteiger partial charge in [0.05, 0.1) is 0 Å². The Morgan fingerprint density at radius 3 is 2.42 bits per heavy atom. The van der Waals surface area contributed by atoms with E-state index in [1.165, 1.54) is 0 Å². The molecule has 0 aliphatic carbocycles. The lowest BCUT2D eigenvalue weighted by molar-refractivity contribution is 0.151. The Hall–Kier alpha value is -1.59. The van der Waals surface area contributed by atoms with Gasteiger partial charge in [-0.3, -0.25) is 4.79 Å². The first-order chi connectivity index (χ1) is 5.52. The highest BCUT2D eigenvalue weighted by Gasteiger charge is 2.16. The number of hydrogen-bond acceptors (Lipinski definition) is 3. The number of alkyl halides is 2. The number of pyridine rings is 1. The number of aromatic amines is 1. The van der Waals surface area contributed by atoms with Crippen LogP contribution in [0.1, 0.15) is 12.0 Å². The Balaban J connectivity index is 3.39. The first-order valence-corrected chi connectivity index (χ1v) is 3.08. The monoisotopic (exact) mass is 175 g/mol. The predicted octanol–water partition coefficient (Wildman–Crippen LogP) is 0.477. The molecule has 1 aromatic heterocycles. The van der Waals surface area contributed by atoms with Gasteiger partial charge in [-0.15, -0.1) is 0 Å². The first-order valence-electron chi connectivity index (χ1n) is 3.08. The van der Waals surface area contributed by atoms with E-state index in [9.17, 15) is 13.6 Å². The van der Waals surface area contributed by atoms with Gasteiger partial charge in [0.25, 0.3) is 6.43 Å². The maximum Gasteiger partial charge on any atom is 0.271 e. The van der Waals surface area contributed by atoms with E-state index in [0.29, 0.717) is 0 Å². The largest absolute Gasteiger partial charge is 0.385 e. The Morgan fingerprint density at radius 2 is 2.00 bits per heavy atom. The summed E-state index contributed by atoms with van der Waals surface area (Å²) in [6.45, 7) is 0. The number of aromatic nitrogens is 1. The highest BCUT2D eigenvalue weighted by molar-refractivity contribution is 5.46. The van der Waals surface area contributed by atoms with Crippen molar-refractivity contribution in [2.45, 2.75) is 6.43 Å². The second-order valence-corrected chi connectivity index (χ2v) is 2.22. The average molecular weight is 175 g/mol. The summed E-state index contributed by atoms with van der Waals surface area (Å²) in [5, 5.41) is 0. The average Bonchev–Trinajstić information content (AvgIpc) is 1.82. The van der Waals surface area contributed by atoms with Crippen molar-refractivity contribution < 1.29 is 8.78 Å². The van der Waals surface area contributed by atoms with Gasteiger partial charge in [-0.05, 0) is 0 Å². The minimum Gasteiger partial charge on any atom is -0.385 e. The summed E-state index contributed by atoms with van der Waals surface area (Å²) in [7, 11) is 0. The van der Waals surface area contributed by atoms with Crippen LogP contribution in [0.5, 0.6) is 0 Å². The SMILES string of the molecule is Nc1cc(=O)c(C(F)F)c(N)[nH]1. The van der Waals surface area contributed by atoms with Crippen LogP contribution in [-0.2, 0) is 0 Å². The molecule has 4 nitrogen and oxygen atoms in total. The number of rotatable bonds is 1. The van der Waals surface area contributed by atoms with Gasteiger partial charge in [-0.25, -0.2) is 8.78 Å². The zero-order valence-corrected chi connectivity index (χ0v) is 5.97. The molecule has 66 valence electrons. The van der Waals surface area contributed by atoms with E-state index in [2.05, 4.69) is 4.98 Å². The van der Waals surface area contributed by atoms with Gasteiger partial charge in [0.15, 0.2) is 5.43 Å². The highest BCUT2D eigenvalue weighted by atomic mass is 19.3. The number of nitrogens with two attached hydrogens (primary N) is 2. The van der Waals surface area contributed by atoms with Crippen LogP contribution in [0.3, 0.4) is 0 Å². The van der Waals surface area contributed by atoms with E-state index < -0.39 is 17.4 Å².